The number of halogens is 3. The maximum absolute atomic E-state index is 13.4. The van der Waals surface area contributed by atoms with Crippen LogP contribution in [0.1, 0.15) is 50.6 Å². The summed E-state index contributed by atoms with van der Waals surface area (Å²) in [6.07, 6.45) is 6.66. The van der Waals surface area contributed by atoms with Gasteiger partial charge in [0, 0.05) is 13.6 Å². The highest BCUT2D eigenvalue weighted by molar-refractivity contribution is 14.0. The molecule has 6 heteroatoms. The number of hydrogen-bond acceptors (Lipinski definition) is 1. The molecular formula is C18H26F2IN3. The van der Waals surface area contributed by atoms with Crippen molar-refractivity contribution in [2.45, 2.75) is 45.1 Å². The predicted octanol–water partition coefficient (Wildman–Crippen LogP) is 4.39. The van der Waals surface area contributed by atoms with Crippen molar-refractivity contribution in [1.82, 2.24) is 10.6 Å². The van der Waals surface area contributed by atoms with E-state index in [2.05, 4.69) is 15.6 Å². The molecule has 1 unspecified atom stereocenters. The van der Waals surface area contributed by atoms with Gasteiger partial charge in [0.1, 0.15) is 0 Å². The van der Waals surface area contributed by atoms with Crippen LogP contribution in [0.3, 0.4) is 0 Å². The zero-order valence-corrected chi connectivity index (χ0v) is 16.6. The van der Waals surface area contributed by atoms with Crippen LogP contribution in [0, 0.1) is 23.0 Å². The Morgan fingerprint density at radius 2 is 2.00 bits per heavy atom. The molecule has 0 aliphatic heterocycles. The average Bonchev–Trinajstić information content (AvgIpc) is 3.32. The Bertz CT molecular complexity index is 598. The fraction of sp³-hybridized carbons (Fsp3) is 0.611. The van der Waals surface area contributed by atoms with Gasteiger partial charge in [0.25, 0.3) is 0 Å². The quantitative estimate of drug-likeness (QED) is 0.398. The van der Waals surface area contributed by atoms with Crippen LogP contribution < -0.4 is 10.6 Å². The normalized spacial score (nSPS) is 20.6. The van der Waals surface area contributed by atoms with Crippen molar-refractivity contribution in [3.05, 3.63) is 35.4 Å². The summed E-state index contributed by atoms with van der Waals surface area (Å²) in [5, 5.41) is 6.69. The van der Waals surface area contributed by atoms with Gasteiger partial charge < -0.3 is 10.6 Å². The average molecular weight is 449 g/mol. The molecule has 2 aliphatic carbocycles. The van der Waals surface area contributed by atoms with E-state index in [1.165, 1.54) is 38.2 Å². The number of aliphatic imine (C=N–C) groups is 1. The predicted molar refractivity (Wildman–Crippen MR) is 104 cm³/mol. The first-order chi connectivity index (χ1) is 11.0. The summed E-state index contributed by atoms with van der Waals surface area (Å²) in [4.78, 5) is 4.26. The van der Waals surface area contributed by atoms with Crippen molar-refractivity contribution in [3.63, 3.8) is 0 Å². The molecule has 0 bridgehead atoms. The fourth-order valence-electron chi connectivity index (χ4n) is 3.58. The second-order valence-electron chi connectivity index (χ2n) is 6.96. The van der Waals surface area contributed by atoms with Crippen molar-refractivity contribution < 1.29 is 8.78 Å². The topological polar surface area (TPSA) is 36.4 Å². The standard InChI is InChI=1S/C18H25F2N3.HI/c1-12(13-4-7-15(19)16(20)10-13)23-17(21-2)22-11-18(8-3-9-18)14-5-6-14;/h4,7,10,12,14H,3,5-6,8-9,11H2,1-2H3,(H2,21,22,23);1H. The summed E-state index contributed by atoms with van der Waals surface area (Å²) in [5.41, 5.74) is 1.16. The Hall–Kier alpha value is -0.920. The van der Waals surface area contributed by atoms with Crippen molar-refractivity contribution in [2.75, 3.05) is 13.6 Å². The van der Waals surface area contributed by atoms with Crippen LogP contribution in [-0.4, -0.2) is 19.6 Å². The third-order valence-electron chi connectivity index (χ3n) is 5.42. The first-order valence-corrected chi connectivity index (χ1v) is 8.46. The Labute approximate surface area is 159 Å². The number of benzene rings is 1. The molecule has 1 aromatic carbocycles. The first kappa shape index (κ1) is 19.4. The number of nitrogens with one attached hydrogen (secondary N) is 2. The number of guanidine groups is 1. The summed E-state index contributed by atoms with van der Waals surface area (Å²) in [5.74, 6) is -0.0410. The molecule has 0 radical (unpaired) electrons. The molecule has 0 aromatic heterocycles. The molecule has 0 amide bonds. The van der Waals surface area contributed by atoms with Crippen LogP contribution in [0.5, 0.6) is 0 Å². The molecular weight excluding hydrogens is 423 g/mol. The minimum atomic E-state index is -0.820. The van der Waals surface area contributed by atoms with Gasteiger partial charge in [-0.05, 0) is 61.6 Å². The molecule has 0 heterocycles. The highest BCUT2D eigenvalue weighted by Gasteiger charge is 2.48. The van der Waals surface area contributed by atoms with Crippen LogP contribution in [-0.2, 0) is 0 Å². The maximum Gasteiger partial charge on any atom is 0.191 e. The zero-order chi connectivity index (χ0) is 16.4. The lowest BCUT2D eigenvalue weighted by molar-refractivity contribution is 0.106. The molecule has 2 saturated carbocycles. The van der Waals surface area contributed by atoms with Gasteiger partial charge >= 0.3 is 0 Å². The lowest BCUT2D eigenvalue weighted by atomic mass is 9.65. The highest BCUT2D eigenvalue weighted by atomic mass is 127. The van der Waals surface area contributed by atoms with E-state index in [1.807, 2.05) is 6.92 Å². The van der Waals surface area contributed by atoms with E-state index in [4.69, 9.17) is 0 Å². The zero-order valence-electron chi connectivity index (χ0n) is 14.2. The molecule has 0 saturated heterocycles. The van der Waals surface area contributed by atoms with Gasteiger partial charge in [-0.2, -0.15) is 0 Å². The van der Waals surface area contributed by atoms with Gasteiger partial charge in [-0.3, -0.25) is 4.99 Å². The van der Waals surface area contributed by atoms with E-state index >= 15 is 0 Å². The second kappa shape index (κ2) is 7.97. The number of hydrogen-bond donors (Lipinski definition) is 2. The summed E-state index contributed by atoms with van der Waals surface area (Å²) < 4.78 is 26.4. The van der Waals surface area contributed by atoms with E-state index in [9.17, 15) is 8.78 Å². The monoisotopic (exact) mass is 449 g/mol. The van der Waals surface area contributed by atoms with E-state index < -0.39 is 11.6 Å². The van der Waals surface area contributed by atoms with E-state index in [1.54, 1.807) is 13.1 Å². The largest absolute Gasteiger partial charge is 0.356 e. The Balaban J connectivity index is 0.00000208. The van der Waals surface area contributed by atoms with Gasteiger partial charge in [0.15, 0.2) is 17.6 Å². The van der Waals surface area contributed by atoms with Crippen molar-refractivity contribution >= 4 is 29.9 Å². The molecule has 24 heavy (non-hydrogen) atoms. The number of nitrogens with zero attached hydrogens (tertiary/aromatic N) is 1. The summed E-state index contributed by atoms with van der Waals surface area (Å²) in [7, 11) is 1.73. The van der Waals surface area contributed by atoms with Crippen LogP contribution in [0.2, 0.25) is 0 Å². The van der Waals surface area contributed by atoms with Gasteiger partial charge in [0.05, 0.1) is 6.04 Å². The Morgan fingerprint density at radius 1 is 1.29 bits per heavy atom. The molecule has 1 aromatic rings. The molecule has 3 nitrogen and oxygen atoms in total. The third kappa shape index (κ3) is 4.18. The first-order valence-electron chi connectivity index (χ1n) is 8.46. The molecule has 0 spiro atoms. The van der Waals surface area contributed by atoms with Crippen molar-refractivity contribution in [3.8, 4) is 0 Å². The SMILES string of the molecule is CN=C(NCC1(C2CC2)CCC1)NC(C)c1ccc(F)c(F)c1.I. The van der Waals surface area contributed by atoms with Crippen molar-refractivity contribution in [2.24, 2.45) is 16.3 Å². The highest BCUT2D eigenvalue weighted by Crippen LogP contribution is 2.56. The lowest BCUT2D eigenvalue weighted by Crippen LogP contribution is -2.47. The molecule has 134 valence electrons. The molecule has 2 N–H and O–H groups in total. The van der Waals surface area contributed by atoms with Crippen LogP contribution in [0.25, 0.3) is 0 Å². The summed E-state index contributed by atoms with van der Waals surface area (Å²) >= 11 is 0. The van der Waals surface area contributed by atoms with Crippen LogP contribution >= 0.6 is 24.0 Å². The van der Waals surface area contributed by atoms with Gasteiger partial charge in [-0.25, -0.2) is 8.78 Å². The van der Waals surface area contributed by atoms with Crippen LogP contribution in [0.15, 0.2) is 23.2 Å². The smallest absolute Gasteiger partial charge is 0.191 e. The van der Waals surface area contributed by atoms with E-state index in [-0.39, 0.29) is 30.0 Å². The van der Waals surface area contributed by atoms with Crippen molar-refractivity contribution in [1.29, 1.82) is 0 Å². The minimum absolute atomic E-state index is 0. The molecule has 2 fully saturated rings. The summed E-state index contributed by atoms with van der Waals surface area (Å²) in [6.45, 7) is 2.86. The van der Waals surface area contributed by atoms with Gasteiger partial charge in [-0.15, -0.1) is 24.0 Å². The van der Waals surface area contributed by atoms with Gasteiger partial charge in [0.2, 0.25) is 0 Å². The van der Waals surface area contributed by atoms with Gasteiger partial charge in [-0.1, -0.05) is 12.5 Å². The Morgan fingerprint density at radius 3 is 2.50 bits per heavy atom. The molecule has 3 rings (SSSR count). The lowest BCUT2D eigenvalue weighted by Gasteiger charge is -2.43. The maximum atomic E-state index is 13.4. The third-order valence-corrected chi connectivity index (χ3v) is 5.42. The second-order valence-corrected chi connectivity index (χ2v) is 6.96. The molecule has 1 atom stereocenters. The van der Waals surface area contributed by atoms with E-state index in [0.29, 0.717) is 16.9 Å². The summed E-state index contributed by atoms with van der Waals surface area (Å²) in [6, 6.07) is 3.85. The molecule has 2 aliphatic rings. The Kier molecular flexibility index (Phi) is 6.45. The fourth-order valence-corrected chi connectivity index (χ4v) is 3.58. The minimum Gasteiger partial charge on any atom is -0.356 e. The van der Waals surface area contributed by atoms with E-state index in [0.717, 1.165) is 18.5 Å². The number of rotatable bonds is 5. The van der Waals surface area contributed by atoms with Crippen LogP contribution in [0.4, 0.5) is 8.78 Å².